The molecule has 1 aromatic carbocycles. The first-order chi connectivity index (χ1) is 12.5. The molecule has 1 aromatic heterocycles. The average Bonchev–Trinajstić information content (AvgIpc) is 2.61. The number of benzene rings is 1. The van der Waals surface area contributed by atoms with Crippen LogP contribution in [0.2, 0.25) is 0 Å². The highest BCUT2D eigenvalue weighted by Crippen LogP contribution is 2.18. The monoisotopic (exact) mass is 354 g/mol. The second-order valence-corrected chi connectivity index (χ2v) is 6.92. The molecule has 1 aliphatic heterocycles. The lowest BCUT2D eigenvalue weighted by Gasteiger charge is -2.34. The molecule has 26 heavy (non-hydrogen) atoms. The summed E-state index contributed by atoms with van der Waals surface area (Å²) in [6.45, 7) is 5.22. The zero-order chi connectivity index (χ0) is 18.5. The summed E-state index contributed by atoms with van der Waals surface area (Å²) in [5.74, 6) is 0.162. The number of carbonyl (C=O) groups is 1. The van der Waals surface area contributed by atoms with Gasteiger partial charge >= 0.3 is 5.69 Å². The van der Waals surface area contributed by atoms with Crippen molar-refractivity contribution in [2.24, 2.45) is 0 Å². The highest BCUT2D eigenvalue weighted by atomic mass is 16.2. The third-order valence-corrected chi connectivity index (χ3v) is 4.96. The third kappa shape index (κ3) is 4.50. The number of hydrogen-bond acceptors (Lipinski definition) is 4. The molecule has 2 heterocycles. The summed E-state index contributed by atoms with van der Waals surface area (Å²) in [5, 5.41) is 3.52. The number of aromatic nitrogens is 2. The number of nitrogens with one attached hydrogen (secondary N) is 2. The van der Waals surface area contributed by atoms with Gasteiger partial charge in [-0.2, -0.15) is 4.98 Å². The number of hydrogen-bond donors (Lipinski definition) is 2. The normalized spacial score (nSPS) is 17.2. The molecule has 6 nitrogen and oxygen atoms in total. The Morgan fingerprint density at radius 1 is 1.31 bits per heavy atom. The highest BCUT2D eigenvalue weighted by molar-refractivity contribution is 5.76. The maximum absolute atomic E-state index is 12.7. The molecule has 2 aromatic rings. The summed E-state index contributed by atoms with van der Waals surface area (Å²) in [5.41, 5.74) is 3.24. The molecule has 138 valence electrons. The molecule has 0 radical (unpaired) electrons. The zero-order valence-electron chi connectivity index (χ0n) is 15.4. The summed E-state index contributed by atoms with van der Waals surface area (Å²) < 4.78 is 0. The van der Waals surface area contributed by atoms with Crippen molar-refractivity contribution in [3.63, 3.8) is 0 Å². The molecule has 1 unspecified atom stereocenters. The Hall–Kier alpha value is -2.63. The summed E-state index contributed by atoms with van der Waals surface area (Å²) in [7, 11) is 0. The van der Waals surface area contributed by atoms with Crippen molar-refractivity contribution in [2.75, 3.05) is 18.4 Å². The maximum Gasteiger partial charge on any atom is 0.345 e. The number of para-hydroxylation sites is 1. The minimum Gasteiger partial charge on any atom is -0.381 e. The van der Waals surface area contributed by atoms with Crippen molar-refractivity contribution >= 4 is 11.6 Å². The van der Waals surface area contributed by atoms with Gasteiger partial charge in [-0.05, 0) is 50.8 Å². The number of piperidine rings is 1. The number of H-pyrrole nitrogens is 1. The van der Waals surface area contributed by atoms with Crippen molar-refractivity contribution < 1.29 is 4.79 Å². The fourth-order valence-electron chi connectivity index (χ4n) is 3.60. The van der Waals surface area contributed by atoms with Crippen LogP contribution in [0.3, 0.4) is 0 Å². The van der Waals surface area contributed by atoms with Crippen LogP contribution >= 0.6 is 0 Å². The van der Waals surface area contributed by atoms with E-state index in [1.807, 2.05) is 36.9 Å². The van der Waals surface area contributed by atoms with Crippen LogP contribution in [-0.4, -0.2) is 39.9 Å². The Morgan fingerprint density at radius 3 is 2.81 bits per heavy atom. The topological polar surface area (TPSA) is 78.1 Å². The molecule has 6 heteroatoms. The molecule has 1 fully saturated rings. The van der Waals surface area contributed by atoms with E-state index in [2.05, 4.69) is 27.4 Å². The predicted octanol–water partition coefficient (Wildman–Crippen LogP) is 2.42. The molecular weight excluding hydrogens is 328 g/mol. The Bertz CT molecular complexity index is 790. The molecule has 0 spiro atoms. The number of amides is 1. The predicted molar refractivity (Wildman–Crippen MR) is 102 cm³/mol. The van der Waals surface area contributed by atoms with Crippen molar-refractivity contribution in [3.8, 4) is 0 Å². The van der Waals surface area contributed by atoms with Crippen LogP contribution in [0.1, 0.15) is 36.2 Å². The van der Waals surface area contributed by atoms with Crippen LogP contribution < -0.4 is 11.0 Å². The molecule has 3 rings (SSSR count). The smallest absolute Gasteiger partial charge is 0.345 e. The Kier molecular flexibility index (Phi) is 5.71. The molecule has 0 saturated carbocycles. The van der Waals surface area contributed by atoms with Gasteiger partial charge in [-0.3, -0.25) is 4.79 Å². The minimum atomic E-state index is -0.332. The van der Waals surface area contributed by atoms with E-state index in [0.29, 0.717) is 18.5 Å². The SMILES string of the molecule is Cc1nc(=O)[nH]c(C)c1CCC(=O)N1CCCC(Nc2ccccc2)C1. The molecular formula is C20H26N4O2. The van der Waals surface area contributed by atoms with E-state index >= 15 is 0 Å². The fraction of sp³-hybridized carbons (Fsp3) is 0.450. The van der Waals surface area contributed by atoms with Crippen LogP contribution in [0.25, 0.3) is 0 Å². The van der Waals surface area contributed by atoms with E-state index in [0.717, 1.165) is 42.9 Å². The van der Waals surface area contributed by atoms with Crippen molar-refractivity contribution in [2.45, 2.75) is 45.6 Å². The second kappa shape index (κ2) is 8.17. The summed E-state index contributed by atoms with van der Waals surface area (Å²) >= 11 is 0. The van der Waals surface area contributed by atoms with E-state index in [1.54, 1.807) is 0 Å². The van der Waals surface area contributed by atoms with Crippen LogP contribution in [0.4, 0.5) is 5.69 Å². The third-order valence-electron chi connectivity index (χ3n) is 4.96. The highest BCUT2D eigenvalue weighted by Gasteiger charge is 2.23. The van der Waals surface area contributed by atoms with E-state index in [4.69, 9.17) is 0 Å². The number of carbonyl (C=O) groups excluding carboxylic acids is 1. The lowest BCUT2D eigenvalue weighted by molar-refractivity contribution is -0.132. The van der Waals surface area contributed by atoms with Crippen LogP contribution in [0.15, 0.2) is 35.1 Å². The first-order valence-corrected chi connectivity index (χ1v) is 9.18. The Balaban J connectivity index is 1.57. The molecule has 2 N–H and O–H groups in total. The van der Waals surface area contributed by atoms with Crippen molar-refractivity contribution in [1.29, 1.82) is 0 Å². The first-order valence-electron chi connectivity index (χ1n) is 9.18. The standard InChI is InChI=1S/C20H26N4O2/c1-14-18(15(2)22-20(26)21-14)10-11-19(25)24-12-6-9-17(13-24)23-16-7-4-3-5-8-16/h3-5,7-8,17,23H,6,9-13H2,1-2H3,(H,21,22,26). The first kappa shape index (κ1) is 18.2. The van der Waals surface area contributed by atoms with Crippen LogP contribution in [-0.2, 0) is 11.2 Å². The summed E-state index contributed by atoms with van der Waals surface area (Å²) in [6.07, 6.45) is 3.12. The quantitative estimate of drug-likeness (QED) is 0.864. The Morgan fingerprint density at radius 2 is 2.08 bits per heavy atom. The average molecular weight is 354 g/mol. The zero-order valence-corrected chi connectivity index (χ0v) is 15.4. The van der Waals surface area contributed by atoms with E-state index in [-0.39, 0.29) is 17.6 Å². The van der Waals surface area contributed by atoms with Gasteiger partial charge in [-0.15, -0.1) is 0 Å². The number of aryl methyl sites for hydroxylation is 2. The summed E-state index contributed by atoms with van der Waals surface area (Å²) in [4.78, 5) is 32.7. The molecule has 0 bridgehead atoms. The van der Waals surface area contributed by atoms with Crippen LogP contribution in [0, 0.1) is 13.8 Å². The van der Waals surface area contributed by atoms with E-state index in [9.17, 15) is 9.59 Å². The van der Waals surface area contributed by atoms with Gasteiger partial charge in [0, 0.05) is 42.6 Å². The minimum absolute atomic E-state index is 0.162. The van der Waals surface area contributed by atoms with Gasteiger partial charge in [0.05, 0.1) is 0 Å². The van der Waals surface area contributed by atoms with E-state index in [1.165, 1.54) is 0 Å². The molecule has 1 aliphatic rings. The lowest BCUT2D eigenvalue weighted by Crippen LogP contribution is -2.45. The number of likely N-dealkylation sites (tertiary alicyclic amines) is 1. The number of rotatable bonds is 5. The Labute approximate surface area is 153 Å². The molecule has 1 atom stereocenters. The fourth-order valence-corrected chi connectivity index (χ4v) is 3.60. The van der Waals surface area contributed by atoms with Gasteiger partial charge < -0.3 is 15.2 Å². The second-order valence-electron chi connectivity index (χ2n) is 6.92. The molecule has 0 aliphatic carbocycles. The van der Waals surface area contributed by atoms with Crippen LogP contribution in [0.5, 0.6) is 0 Å². The number of anilines is 1. The molecule has 1 saturated heterocycles. The number of aromatic amines is 1. The van der Waals surface area contributed by atoms with Gasteiger partial charge in [0.15, 0.2) is 0 Å². The maximum atomic E-state index is 12.7. The number of nitrogens with zero attached hydrogens (tertiary/aromatic N) is 2. The van der Waals surface area contributed by atoms with Gasteiger partial charge in [-0.1, -0.05) is 18.2 Å². The van der Waals surface area contributed by atoms with Crippen molar-refractivity contribution in [3.05, 3.63) is 57.8 Å². The van der Waals surface area contributed by atoms with Gasteiger partial charge in [0.1, 0.15) is 0 Å². The largest absolute Gasteiger partial charge is 0.381 e. The van der Waals surface area contributed by atoms with E-state index < -0.39 is 0 Å². The van der Waals surface area contributed by atoms with Gasteiger partial charge in [-0.25, -0.2) is 4.79 Å². The van der Waals surface area contributed by atoms with Gasteiger partial charge in [0.2, 0.25) is 5.91 Å². The molecule has 1 amide bonds. The summed E-state index contributed by atoms with van der Waals surface area (Å²) in [6, 6.07) is 10.4. The van der Waals surface area contributed by atoms with Crippen molar-refractivity contribution in [1.82, 2.24) is 14.9 Å². The lowest BCUT2D eigenvalue weighted by atomic mass is 10.0. The van der Waals surface area contributed by atoms with Gasteiger partial charge in [0.25, 0.3) is 0 Å².